The number of hydrogen-bond acceptors (Lipinski definition) is 3. The summed E-state index contributed by atoms with van der Waals surface area (Å²) in [5.74, 6) is 1.11. The van der Waals surface area contributed by atoms with E-state index in [1.165, 1.54) is 45.6 Å². The molecule has 0 amide bonds. The van der Waals surface area contributed by atoms with Gasteiger partial charge < -0.3 is 10.1 Å². The topological polar surface area (TPSA) is 38.3 Å². The van der Waals surface area contributed by atoms with Crippen LogP contribution in [0.3, 0.4) is 0 Å². The van der Waals surface area contributed by atoms with Gasteiger partial charge in [0.25, 0.3) is 0 Å². The van der Waals surface area contributed by atoms with E-state index in [2.05, 4.69) is 26.1 Å². The standard InChI is InChI=1S/C16H31NO2/c1-5-12(3)15(16(18)19-4)17-14-9-7-8-13(6-2)10-11-14/h12-15,17H,5-11H2,1-4H3. The fourth-order valence-corrected chi connectivity index (χ4v) is 3.03. The minimum absolute atomic E-state index is 0.106. The molecule has 1 fully saturated rings. The summed E-state index contributed by atoms with van der Waals surface area (Å²) < 4.78 is 4.95. The van der Waals surface area contributed by atoms with Crippen LogP contribution in [-0.2, 0) is 9.53 Å². The lowest BCUT2D eigenvalue weighted by Crippen LogP contribution is -2.47. The molecule has 0 heterocycles. The Bertz CT molecular complexity index is 267. The zero-order chi connectivity index (χ0) is 14.3. The van der Waals surface area contributed by atoms with Gasteiger partial charge in [-0.25, -0.2) is 0 Å². The zero-order valence-corrected chi connectivity index (χ0v) is 13.1. The smallest absolute Gasteiger partial charge is 0.323 e. The van der Waals surface area contributed by atoms with E-state index in [0.29, 0.717) is 12.0 Å². The molecule has 0 aromatic heterocycles. The molecule has 0 aliphatic heterocycles. The average Bonchev–Trinajstić information content (AvgIpc) is 2.68. The molecule has 1 aliphatic rings. The molecular formula is C16H31NO2. The van der Waals surface area contributed by atoms with Gasteiger partial charge >= 0.3 is 5.97 Å². The summed E-state index contributed by atoms with van der Waals surface area (Å²) >= 11 is 0. The van der Waals surface area contributed by atoms with E-state index >= 15 is 0 Å². The first-order valence-corrected chi connectivity index (χ1v) is 7.96. The van der Waals surface area contributed by atoms with Crippen LogP contribution in [0.15, 0.2) is 0 Å². The summed E-state index contributed by atoms with van der Waals surface area (Å²) in [7, 11) is 1.49. The average molecular weight is 269 g/mol. The summed E-state index contributed by atoms with van der Waals surface area (Å²) in [6, 6.07) is 0.341. The van der Waals surface area contributed by atoms with Gasteiger partial charge in [0, 0.05) is 6.04 Å². The molecule has 1 N–H and O–H groups in total. The fraction of sp³-hybridized carbons (Fsp3) is 0.938. The third-order valence-electron chi connectivity index (χ3n) is 4.75. The lowest BCUT2D eigenvalue weighted by atomic mass is 9.96. The van der Waals surface area contributed by atoms with Crippen LogP contribution in [0.2, 0.25) is 0 Å². The summed E-state index contributed by atoms with van der Waals surface area (Å²) in [6.45, 7) is 6.54. The number of methoxy groups -OCH3 is 1. The molecule has 0 aromatic carbocycles. The van der Waals surface area contributed by atoms with Crippen LogP contribution in [0.25, 0.3) is 0 Å². The molecule has 112 valence electrons. The zero-order valence-electron chi connectivity index (χ0n) is 13.1. The molecular weight excluding hydrogens is 238 g/mol. The van der Waals surface area contributed by atoms with Gasteiger partial charge in [-0.2, -0.15) is 0 Å². The van der Waals surface area contributed by atoms with Gasteiger partial charge in [0.15, 0.2) is 0 Å². The Hall–Kier alpha value is -0.570. The molecule has 4 atom stereocenters. The minimum Gasteiger partial charge on any atom is -0.468 e. The molecule has 19 heavy (non-hydrogen) atoms. The molecule has 0 radical (unpaired) electrons. The molecule has 0 aromatic rings. The monoisotopic (exact) mass is 269 g/mol. The molecule has 0 bridgehead atoms. The summed E-state index contributed by atoms with van der Waals surface area (Å²) in [5.41, 5.74) is 0. The third kappa shape index (κ3) is 5.13. The minimum atomic E-state index is -0.141. The van der Waals surface area contributed by atoms with Crippen molar-refractivity contribution < 1.29 is 9.53 Å². The normalized spacial score (nSPS) is 27.4. The second-order valence-electron chi connectivity index (χ2n) is 6.03. The molecule has 0 spiro atoms. The molecule has 3 nitrogen and oxygen atoms in total. The van der Waals surface area contributed by atoms with Gasteiger partial charge in [0.2, 0.25) is 0 Å². The van der Waals surface area contributed by atoms with Crippen molar-refractivity contribution in [1.29, 1.82) is 0 Å². The highest BCUT2D eigenvalue weighted by atomic mass is 16.5. The van der Waals surface area contributed by atoms with Gasteiger partial charge in [0.1, 0.15) is 6.04 Å². The number of rotatable bonds is 6. The van der Waals surface area contributed by atoms with E-state index in [4.69, 9.17) is 4.74 Å². The first-order chi connectivity index (χ1) is 9.12. The lowest BCUT2D eigenvalue weighted by molar-refractivity contribution is -0.144. The van der Waals surface area contributed by atoms with E-state index in [0.717, 1.165) is 12.3 Å². The summed E-state index contributed by atoms with van der Waals surface area (Å²) in [6.07, 6.45) is 8.60. The van der Waals surface area contributed by atoms with Gasteiger partial charge in [-0.05, 0) is 31.1 Å². The molecule has 3 heteroatoms. The number of hydrogen-bond donors (Lipinski definition) is 1. The van der Waals surface area contributed by atoms with Crippen LogP contribution in [0.1, 0.15) is 65.7 Å². The van der Waals surface area contributed by atoms with Gasteiger partial charge in [0.05, 0.1) is 7.11 Å². The number of nitrogens with one attached hydrogen (secondary N) is 1. The van der Waals surface area contributed by atoms with Crippen molar-refractivity contribution in [3.05, 3.63) is 0 Å². The van der Waals surface area contributed by atoms with E-state index in [9.17, 15) is 4.79 Å². The first-order valence-electron chi connectivity index (χ1n) is 7.96. The summed E-state index contributed by atoms with van der Waals surface area (Å²) in [5, 5.41) is 3.57. The van der Waals surface area contributed by atoms with Crippen molar-refractivity contribution in [2.24, 2.45) is 11.8 Å². The highest BCUT2D eigenvalue weighted by Gasteiger charge is 2.28. The molecule has 0 saturated heterocycles. The van der Waals surface area contributed by atoms with Crippen molar-refractivity contribution in [3.8, 4) is 0 Å². The van der Waals surface area contributed by atoms with E-state index < -0.39 is 0 Å². The molecule has 4 unspecified atom stereocenters. The Labute approximate surface area is 118 Å². The fourth-order valence-electron chi connectivity index (χ4n) is 3.03. The Morgan fingerprint density at radius 2 is 2.00 bits per heavy atom. The Morgan fingerprint density at radius 3 is 2.58 bits per heavy atom. The number of ether oxygens (including phenoxy) is 1. The van der Waals surface area contributed by atoms with Gasteiger partial charge in [-0.15, -0.1) is 0 Å². The van der Waals surface area contributed by atoms with Crippen LogP contribution < -0.4 is 5.32 Å². The van der Waals surface area contributed by atoms with Crippen molar-refractivity contribution in [1.82, 2.24) is 5.32 Å². The number of carbonyl (C=O) groups is 1. The van der Waals surface area contributed by atoms with Crippen molar-refractivity contribution in [2.75, 3.05) is 7.11 Å². The van der Waals surface area contributed by atoms with Crippen LogP contribution in [0.4, 0.5) is 0 Å². The number of carbonyl (C=O) groups excluding carboxylic acids is 1. The van der Waals surface area contributed by atoms with E-state index in [1.807, 2.05) is 0 Å². The second kappa shape index (κ2) is 8.57. The number of esters is 1. The quantitative estimate of drug-likeness (QED) is 0.592. The summed E-state index contributed by atoms with van der Waals surface area (Å²) in [4.78, 5) is 11.9. The van der Waals surface area contributed by atoms with E-state index in [-0.39, 0.29) is 12.0 Å². The molecule has 1 rings (SSSR count). The van der Waals surface area contributed by atoms with Gasteiger partial charge in [-0.3, -0.25) is 4.79 Å². The maximum absolute atomic E-state index is 11.9. The predicted octanol–water partition coefficient (Wildman–Crippen LogP) is 3.52. The van der Waals surface area contributed by atoms with Crippen LogP contribution in [0.5, 0.6) is 0 Å². The molecule has 1 saturated carbocycles. The lowest BCUT2D eigenvalue weighted by Gasteiger charge is -2.27. The largest absolute Gasteiger partial charge is 0.468 e. The van der Waals surface area contributed by atoms with Crippen molar-refractivity contribution in [2.45, 2.75) is 77.8 Å². The second-order valence-corrected chi connectivity index (χ2v) is 6.03. The van der Waals surface area contributed by atoms with Crippen LogP contribution >= 0.6 is 0 Å². The highest BCUT2D eigenvalue weighted by Crippen LogP contribution is 2.26. The van der Waals surface area contributed by atoms with Crippen LogP contribution in [-0.4, -0.2) is 25.2 Å². The Balaban J connectivity index is 2.55. The van der Waals surface area contributed by atoms with Crippen molar-refractivity contribution >= 4 is 5.97 Å². The van der Waals surface area contributed by atoms with Gasteiger partial charge in [-0.1, -0.05) is 46.5 Å². The van der Waals surface area contributed by atoms with Crippen LogP contribution in [0, 0.1) is 11.8 Å². The highest BCUT2D eigenvalue weighted by molar-refractivity contribution is 5.76. The SMILES string of the molecule is CCC1CCCC(NC(C(=O)OC)C(C)CC)CC1. The predicted molar refractivity (Wildman–Crippen MR) is 79.0 cm³/mol. The first kappa shape index (κ1) is 16.5. The molecule has 1 aliphatic carbocycles. The third-order valence-corrected chi connectivity index (χ3v) is 4.75. The Kier molecular flexibility index (Phi) is 7.44. The maximum Gasteiger partial charge on any atom is 0.323 e. The Morgan fingerprint density at radius 1 is 1.26 bits per heavy atom. The van der Waals surface area contributed by atoms with Crippen molar-refractivity contribution in [3.63, 3.8) is 0 Å². The van der Waals surface area contributed by atoms with E-state index in [1.54, 1.807) is 0 Å². The maximum atomic E-state index is 11.9.